The number of hydrogen-bond donors (Lipinski definition) is 3. The van der Waals surface area contributed by atoms with Crippen LogP contribution < -0.4 is 21.3 Å². The predicted octanol–water partition coefficient (Wildman–Crippen LogP) is 1.63. The average molecular weight is 399 g/mol. The van der Waals surface area contributed by atoms with E-state index in [9.17, 15) is 18.6 Å². The van der Waals surface area contributed by atoms with Crippen molar-refractivity contribution in [2.45, 2.75) is 10.6 Å². The van der Waals surface area contributed by atoms with Crippen molar-refractivity contribution in [3.63, 3.8) is 0 Å². The van der Waals surface area contributed by atoms with Gasteiger partial charge in [0.1, 0.15) is 16.3 Å². The molecule has 3 N–H and O–H groups in total. The second-order valence-corrected chi connectivity index (χ2v) is 7.16. The molecule has 0 saturated carbocycles. The minimum atomic E-state index is -1.84. The smallest absolute Gasteiger partial charge is 0.326 e. The number of carbonyl (C=O) groups is 1. The number of methoxy groups -OCH3 is 1. The molecule has 3 aromatic rings. The van der Waals surface area contributed by atoms with Crippen molar-refractivity contribution in [1.82, 2.24) is 9.97 Å². The van der Waals surface area contributed by atoms with E-state index in [0.717, 1.165) is 5.56 Å². The first-order valence-electron chi connectivity index (χ1n) is 8.22. The van der Waals surface area contributed by atoms with E-state index in [0.29, 0.717) is 11.4 Å². The zero-order chi connectivity index (χ0) is 20.1. The van der Waals surface area contributed by atoms with E-state index in [1.165, 1.54) is 7.11 Å². The number of anilines is 1. The van der Waals surface area contributed by atoms with E-state index in [4.69, 9.17) is 4.74 Å². The van der Waals surface area contributed by atoms with Gasteiger partial charge >= 0.3 is 5.69 Å². The molecule has 144 valence electrons. The quantitative estimate of drug-likeness (QED) is 0.582. The maximum absolute atomic E-state index is 12.8. The molecule has 2 aromatic carbocycles. The molecule has 28 heavy (non-hydrogen) atoms. The zero-order valence-corrected chi connectivity index (χ0v) is 15.7. The number of ether oxygens (including phenoxy) is 1. The molecular weight excluding hydrogens is 382 g/mol. The lowest BCUT2D eigenvalue weighted by Crippen LogP contribution is -2.32. The third kappa shape index (κ3) is 4.44. The van der Waals surface area contributed by atoms with E-state index in [1.54, 1.807) is 48.5 Å². The van der Waals surface area contributed by atoms with E-state index in [1.807, 2.05) is 11.1 Å². The summed E-state index contributed by atoms with van der Waals surface area (Å²) in [5.74, 6) is -0.115. The lowest BCUT2D eigenvalue weighted by atomic mass is 10.2. The van der Waals surface area contributed by atoms with Gasteiger partial charge in [-0.2, -0.15) is 0 Å². The van der Waals surface area contributed by atoms with Crippen LogP contribution in [0.2, 0.25) is 0 Å². The summed E-state index contributed by atoms with van der Waals surface area (Å²) in [4.78, 5) is 40.6. The van der Waals surface area contributed by atoms with Gasteiger partial charge in [-0.05, 0) is 29.8 Å². The number of benzene rings is 2. The van der Waals surface area contributed by atoms with Crippen molar-refractivity contribution in [1.29, 1.82) is 0 Å². The Bertz CT molecular complexity index is 1120. The molecule has 0 saturated heterocycles. The number of aromatic nitrogens is 2. The molecular formula is C19H17N3O5S. The molecule has 1 aromatic heterocycles. The summed E-state index contributed by atoms with van der Waals surface area (Å²) in [6.07, 6.45) is 0. The Balaban J connectivity index is 1.93. The normalized spacial score (nSPS) is 11.6. The van der Waals surface area contributed by atoms with Crippen molar-refractivity contribution in [2.24, 2.45) is 0 Å². The van der Waals surface area contributed by atoms with Crippen LogP contribution in [0.4, 0.5) is 5.69 Å². The van der Waals surface area contributed by atoms with Gasteiger partial charge in [0, 0.05) is 5.69 Å². The number of H-pyrrole nitrogens is 2. The van der Waals surface area contributed by atoms with E-state index in [-0.39, 0.29) is 16.3 Å². The van der Waals surface area contributed by atoms with Gasteiger partial charge < -0.3 is 15.0 Å². The van der Waals surface area contributed by atoms with Crippen LogP contribution in [0.3, 0.4) is 0 Å². The first kappa shape index (κ1) is 19.3. The maximum Gasteiger partial charge on any atom is 0.326 e. The Morgan fingerprint density at radius 3 is 2.36 bits per heavy atom. The second-order valence-electron chi connectivity index (χ2n) is 5.77. The fraction of sp³-hybridized carbons (Fsp3) is 0.105. The SMILES string of the molecule is COc1ccc(NC(=O)c2[nH]c(=O)[nH]c(=O)c2S(=O)Cc2ccccc2)cc1. The number of nitrogens with one attached hydrogen (secondary N) is 3. The van der Waals surface area contributed by atoms with Crippen molar-refractivity contribution < 1.29 is 13.7 Å². The second kappa shape index (κ2) is 8.49. The van der Waals surface area contributed by atoms with Crippen LogP contribution in [0.25, 0.3) is 0 Å². The topological polar surface area (TPSA) is 121 Å². The van der Waals surface area contributed by atoms with Crippen molar-refractivity contribution in [3.8, 4) is 5.75 Å². The summed E-state index contributed by atoms with van der Waals surface area (Å²) < 4.78 is 17.8. The van der Waals surface area contributed by atoms with E-state index >= 15 is 0 Å². The lowest BCUT2D eigenvalue weighted by Gasteiger charge is -2.09. The molecule has 1 atom stereocenters. The Hall–Kier alpha value is -3.46. The minimum Gasteiger partial charge on any atom is -0.497 e. The molecule has 0 aliphatic heterocycles. The van der Waals surface area contributed by atoms with E-state index < -0.39 is 28.0 Å². The Kier molecular flexibility index (Phi) is 5.85. The molecule has 0 bridgehead atoms. The number of aromatic amines is 2. The fourth-order valence-corrected chi connectivity index (χ4v) is 3.79. The van der Waals surface area contributed by atoms with Gasteiger partial charge in [0.25, 0.3) is 11.5 Å². The summed E-state index contributed by atoms with van der Waals surface area (Å²) in [5.41, 5.74) is -0.901. The van der Waals surface area contributed by atoms with Crippen molar-refractivity contribution in [2.75, 3.05) is 12.4 Å². The summed E-state index contributed by atoms with van der Waals surface area (Å²) in [6, 6.07) is 15.4. The largest absolute Gasteiger partial charge is 0.497 e. The van der Waals surface area contributed by atoms with Crippen LogP contribution in [-0.2, 0) is 16.6 Å². The van der Waals surface area contributed by atoms with Gasteiger partial charge in [-0.25, -0.2) is 4.79 Å². The molecule has 3 rings (SSSR count). The van der Waals surface area contributed by atoms with Crippen LogP contribution >= 0.6 is 0 Å². The van der Waals surface area contributed by atoms with Crippen LogP contribution in [0.15, 0.2) is 69.1 Å². The minimum absolute atomic E-state index is 0.0266. The molecule has 0 fully saturated rings. The first-order valence-corrected chi connectivity index (χ1v) is 9.54. The highest BCUT2D eigenvalue weighted by atomic mass is 32.2. The fourth-order valence-electron chi connectivity index (χ4n) is 2.52. The molecule has 8 nitrogen and oxygen atoms in total. The number of carbonyl (C=O) groups excluding carboxylic acids is 1. The van der Waals surface area contributed by atoms with Gasteiger partial charge in [0.05, 0.1) is 23.7 Å². The molecule has 1 amide bonds. The molecule has 0 aliphatic rings. The van der Waals surface area contributed by atoms with Crippen molar-refractivity contribution in [3.05, 3.63) is 86.7 Å². The van der Waals surface area contributed by atoms with Gasteiger partial charge in [-0.3, -0.25) is 18.8 Å². The summed E-state index contributed by atoms with van der Waals surface area (Å²) in [7, 11) is -0.327. The summed E-state index contributed by atoms with van der Waals surface area (Å²) in [6.45, 7) is 0. The molecule has 1 unspecified atom stereocenters. The van der Waals surface area contributed by atoms with Crippen LogP contribution in [0, 0.1) is 0 Å². The highest BCUT2D eigenvalue weighted by Gasteiger charge is 2.22. The molecule has 0 radical (unpaired) electrons. The van der Waals surface area contributed by atoms with Gasteiger partial charge in [0.2, 0.25) is 0 Å². The van der Waals surface area contributed by atoms with Crippen LogP contribution in [0.5, 0.6) is 5.75 Å². The van der Waals surface area contributed by atoms with Crippen LogP contribution in [0.1, 0.15) is 16.1 Å². The average Bonchev–Trinajstić information content (AvgIpc) is 2.68. The summed E-state index contributed by atoms with van der Waals surface area (Å²) in [5, 5.41) is 2.57. The number of hydrogen-bond acceptors (Lipinski definition) is 5. The molecule has 0 aliphatic carbocycles. The monoisotopic (exact) mass is 399 g/mol. The third-order valence-electron chi connectivity index (χ3n) is 3.84. The van der Waals surface area contributed by atoms with Crippen LogP contribution in [-0.4, -0.2) is 27.2 Å². The van der Waals surface area contributed by atoms with Crippen molar-refractivity contribution >= 4 is 22.4 Å². The highest BCUT2D eigenvalue weighted by Crippen LogP contribution is 2.17. The molecule has 1 heterocycles. The van der Waals surface area contributed by atoms with Gasteiger partial charge in [-0.15, -0.1) is 0 Å². The maximum atomic E-state index is 12.8. The number of amides is 1. The van der Waals surface area contributed by atoms with Gasteiger partial charge in [0.15, 0.2) is 0 Å². The Morgan fingerprint density at radius 2 is 1.71 bits per heavy atom. The standard InChI is InChI=1S/C19H17N3O5S/c1-27-14-9-7-13(8-10-14)20-17(23)15-16(18(24)22-19(25)21-15)28(26)11-12-5-3-2-4-6-12/h2-10H,11H2,1H3,(H,20,23)(H2,21,22,24,25). The molecule has 9 heteroatoms. The van der Waals surface area contributed by atoms with E-state index in [2.05, 4.69) is 10.3 Å². The highest BCUT2D eigenvalue weighted by molar-refractivity contribution is 7.84. The Labute approximate surface area is 162 Å². The van der Waals surface area contributed by atoms with Gasteiger partial charge in [-0.1, -0.05) is 30.3 Å². The zero-order valence-electron chi connectivity index (χ0n) is 14.9. The lowest BCUT2D eigenvalue weighted by molar-refractivity contribution is 0.101. The molecule has 0 spiro atoms. The number of rotatable bonds is 6. The Morgan fingerprint density at radius 1 is 1.04 bits per heavy atom. The third-order valence-corrected chi connectivity index (χ3v) is 5.28. The first-order chi connectivity index (χ1) is 13.5. The summed E-state index contributed by atoms with van der Waals surface area (Å²) >= 11 is 0. The predicted molar refractivity (Wildman–Crippen MR) is 105 cm³/mol.